The Morgan fingerprint density at radius 3 is 2.59 bits per heavy atom. The highest BCUT2D eigenvalue weighted by Gasteiger charge is 2.37. The molecular weight excluding hydrogens is 272 g/mol. The van der Waals surface area contributed by atoms with Crippen LogP contribution in [0.15, 0.2) is 11.1 Å². The van der Waals surface area contributed by atoms with Crippen molar-refractivity contribution >= 4 is 0 Å². The van der Waals surface area contributed by atoms with Gasteiger partial charge in [0, 0.05) is 6.61 Å². The zero-order chi connectivity index (χ0) is 15.7. The number of rotatable bonds is 3. The van der Waals surface area contributed by atoms with Crippen LogP contribution >= 0.6 is 0 Å². The van der Waals surface area contributed by atoms with Gasteiger partial charge in [-0.1, -0.05) is 18.1 Å². The fourth-order valence-corrected chi connectivity index (χ4v) is 4.95. The molecule has 3 rings (SSSR count). The van der Waals surface area contributed by atoms with Crippen LogP contribution in [0, 0.1) is 17.8 Å². The standard InChI is InChI=1S/C20H34O2/c1-14-7-9-16(20(2,3)21)13-19-15(8-10-18(14)19)12-17-6-4-5-11-22-17/h14-17,21H,4-13H2,1-3H3/t14-,15+,16+,17?/m0/s1. The van der Waals surface area contributed by atoms with E-state index in [9.17, 15) is 5.11 Å². The second-order valence-corrected chi connectivity index (χ2v) is 8.54. The minimum Gasteiger partial charge on any atom is -0.390 e. The summed E-state index contributed by atoms with van der Waals surface area (Å²) in [5, 5.41) is 10.5. The summed E-state index contributed by atoms with van der Waals surface area (Å²) in [6.07, 6.45) is 11.7. The van der Waals surface area contributed by atoms with Crippen LogP contribution in [0.1, 0.15) is 78.6 Å². The van der Waals surface area contributed by atoms with E-state index in [1.54, 1.807) is 11.1 Å². The summed E-state index contributed by atoms with van der Waals surface area (Å²) in [6.45, 7) is 7.37. The van der Waals surface area contributed by atoms with Gasteiger partial charge in [-0.2, -0.15) is 0 Å². The van der Waals surface area contributed by atoms with Crippen molar-refractivity contribution in [2.24, 2.45) is 17.8 Å². The van der Waals surface area contributed by atoms with Crippen molar-refractivity contribution < 1.29 is 9.84 Å². The van der Waals surface area contributed by atoms with Crippen molar-refractivity contribution in [3.63, 3.8) is 0 Å². The highest BCUT2D eigenvalue weighted by molar-refractivity contribution is 5.27. The van der Waals surface area contributed by atoms with E-state index in [1.165, 1.54) is 51.4 Å². The van der Waals surface area contributed by atoms with Gasteiger partial charge in [0.2, 0.25) is 0 Å². The molecule has 0 bridgehead atoms. The van der Waals surface area contributed by atoms with Crippen molar-refractivity contribution in [1.82, 2.24) is 0 Å². The van der Waals surface area contributed by atoms with Gasteiger partial charge in [-0.15, -0.1) is 0 Å². The molecule has 2 heteroatoms. The van der Waals surface area contributed by atoms with Gasteiger partial charge in [-0.05, 0) is 89.4 Å². The monoisotopic (exact) mass is 306 g/mol. The minimum atomic E-state index is -0.545. The van der Waals surface area contributed by atoms with Crippen LogP contribution in [-0.4, -0.2) is 23.4 Å². The first-order valence-electron chi connectivity index (χ1n) is 9.51. The molecule has 1 heterocycles. The Labute approximate surface area is 136 Å². The fourth-order valence-electron chi connectivity index (χ4n) is 4.95. The van der Waals surface area contributed by atoms with E-state index in [1.807, 2.05) is 13.8 Å². The first kappa shape index (κ1) is 16.5. The molecule has 1 fully saturated rings. The Morgan fingerprint density at radius 2 is 1.91 bits per heavy atom. The molecule has 1 unspecified atom stereocenters. The normalized spacial score (nSPS) is 37.1. The summed E-state index contributed by atoms with van der Waals surface area (Å²) < 4.78 is 6.00. The van der Waals surface area contributed by atoms with Crippen LogP contribution in [0.2, 0.25) is 0 Å². The average Bonchev–Trinajstić information content (AvgIpc) is 2.77. The lowest BCUT2D eigenvalue weighted by Gasteiger charge is -2.31. The summed E-state index contributed by atoms with van der Waals surface area (Å²) in [7, 11) is 0. The molecule has 0 aromatic heterocycles. The van der Waals surface area contributed by atoms with E-state index in [0.29, 0.717) is 12.0 Å². The Hall–Kier alpha value is -0.340. The van der Waals surface area contributed by atoms with Gasteiger partial charge in [0.1, 0.15) is 0 Å². The van der Waals surface area contributed by atoms with Gasteiger partial charge < -0.3 is 9.84 Å². The number of allylic oxidation sites excluding steroid dienone is 2. The maximum Gasteiger partial charge on any atom is 0.0622 e. The van der Waals surface area contributed by atoms with Crippen LogP contribution in [-0.2, 0) is 4.74 Å². The van der Waals surface area contributed by atoms with Crippen molar-refractivity contribution in [2.75, 3.05) is 6.61 Å². The van der Waals surface area contributed by atoms with Crippen molar-refractivity contribution in [3.05, 3.63) is 11.1 Å². The molecule has 2 nitrogen and oxygen atoms in total. The highest BCUT2D eigenvalue weighted by Crippen LogP contribution is 2.48. The van der Waals surface area contributed by atoms with E-state index in [0.717, 1.165) is 24.9 Å². The zero-order valence-corrected chi connectivity index (χ0v) is 14.7. The lowest BCUT2D eigenvalue weighted by atomic mass is 9.80. The third kappa shape index (κ3) is 3.59. The third-order valence-corrected chi connectivity index (χ3v) is 6.50. The molecule has 22 heavy (non-hydrogen) atoms. The van der Waals surface area contributed by atoms with Crippen LogP contribution in [0.5, 0.6) is 0 Å². The number of hydrogen-bond donors (Lipinski definition) is 1. The molecule has 3 aliphatic rings. The molecule has 126 valence electrons. The average molecular weight is 306 g/mol. The second kappa shape index (κ2) is 6.65. The fraction of sp³-hybridized carbons (Fsp3) is 0.900. The Morgan fingerprint density at radius 1 is 1.09 bits per heavy atom. The molecule has 1 aliphatic heterocycles. The zero-order valence-electron chi connectivity index (χ0n) is 14.7. The number of aliphatic hydroxyl groups is 1. The van der Waals surface area contributed by atoms with Gasteiger partial charge in [0.15, 0.2) is 0 Å². The van der Waals surface area contributed by atoms with E-state index in [2.05, 4.69) is 6.92 Å². The molecule has 0 saturated carbocycles. The number of hydrogen-bond acceptors (Lipinski definition) is 2. The largest absolute Gasteiger partial charge is 0.390 e. The molecule has 1 N–H and O–H groups in total. The summed E-state index contributed by atoms with van der Waals surface area (Å²) >= 11 is 0. The molecular formula is C20H34O2. The van der Waals surface area contributed by atoms with Crippen molar-refractivity contribution in [1.29, 1.82) is 0 Å². The topological polar surface area (TPSA) is 29.5 Å². The van der Waals surface area contributed by atoms with Crippen LogP contribution < -0.4 is 0 Å². The van der Waals surface area contributed by atoms with Crippen LogP contribution in [0.25, 0.3) is 0 Å². The molecule has 0 aromatic carbocycles. The molecule has 0 radical (unpaired) electrons. The van der Waals surface area contributed by atoms with Crippen LogP contribution in [0.3, 0.4) is 0 Å². The first-order valence-corrected chi connectivity index (χ1v) is 9.51. The Bertz CT molecular complexity index is 412. The van der Waals surface area contributed by atoms with Gasteiger partial charge in [-0.25, -0.2) is 0 Å². The first-order chi connectivity index (χ1) is 10.4. The maximum atomic E-state index is 10.5. The summed E-state index contributed by atoms with van der Waals surface area (Å²) in [5.41, 5.74) is 2.91. The summed E-state index contributed by atoms with van der Waals surface area (Å²) in [5.74, 6) is 1.87. The van der Waals surface area contributed by atoms with E-state index in [-0.39, 0.29) is 0 Å². The van der Waals surface area contributed by atoms with Gasteiger partial charge >= 0.3 is 0 Å². The molecule has 0 aromatic rings. The van der Waals surface area contributed by atoms with Crippen LogP contribution in [0.4, 0.5) is 0 Å². The lowest BCUT2D eigenvalue weighted by Crippen LogP contribution is -2.31. The minimum absolute atomic E-state index is 0.426. The molecule has 0 amide bonds. The smallest absolute Gasteiger partial charge is 0.0622 e. The summed E-state index contributed by atoms with van der Waals surface area (Å²) in [4.78, 5) is 0. The number of ether oxygens (including phenoxy) is 1. The van der Waals surface area contributed by atoms with E-state index >= 15 is 0 Å². The molecule has 1 saturated heterocycles. The van der Waals surface area contributed by atoms with Gasteiger partial charge in [-0.3, -0.25) is 0 Å². The summed E-state index contributed by atoms with van der Waals surface area (Å²) in [6, 6.07) is 0. The Balaban J connectivity index is 1.73. The third-order valence-electron chi connectivity index (χ3n) is 6.50. The highest BCUT2D eigenvalue weighted by atomic mass is 16.5. The maximum absolute atomic E-state index is 10.5. The molecule has 4 atom stereocenters. The van der Waals surface area contributed by atoms with E-state index < -0.39 is 5.60 Å². The molecule has 2 aliphatic carbocycles. The SMILES string of the molecule is C[C@H]1CC[C@@H](C(C)(C)O)CC2=C1CC[C@@H]2CC1CCCCO1. The molecule has 0 spiro atoms. The second-order valence-electron chi connectivity index (χ2n) is 8.54. The Kier molecular flexibility index (Phi) is 4.99. The van der Waals surface area contributed by atoms with Crippen molar-refractivity contribution in [2.45, 2.75) is 90.3 Å². The predicted molar refractivity (Wildman–Crippen MR) is 90.8 cm³/mol. The quantitative estimate of drug-likeness (QED) is 0.755. The van der Waals surface area contributed by atoms with Crippen molar-refractivity contribution in [3.8, 4) is 0 Å². The van der Waals surface area contributed by atoms with Gasteiger partial charge in [0.25, 0.3) is 0 Å². The van der Waals surface area contributed by atoms with Gasteiger partial charge in [0.05, 0.1) is 11.7 Å². The predicted octanol–water partition coefficient (Wildman–Crippen LogP) is 4.86. The van der Waals surface area contributed by atoms with E-state index in [4.69, 9.17) is 4.74 Å². The lowest BCUT2D eigenvalue weighted by molar-refractivity contribution is 0.000618.